The predicted octanol–water partition coefficient (Wildman–Crippen LogP) is 5.72. The van der Waals surface area contributed by atoms with Crippen LogP contribution < -0.4 is 10.1 Å². The largest absolute Gasteiger partial charge is 0.494 e. The summed E-state index contributed by atoms with van der Waals surface area (Å²) in [6.45, 7) is 0. The first kappa shape index (κ1) is 22.2. The Labute approximate surface area is 206 Å². The molecular formula is C27H24F2N6O. The number of methoxy groups -OCH3 is 1. The number of imidazole rings is 1. The van der Waals surface area contributed by atoms with Gasteiger partial charge in [0.05, 0.1) is 12.7 Å². The average molecular weight is 487 g/mol. The summed E-state index contributed by atoms with van der Waals surface area (Å²) in [7, 11) is 3.23. The van der Waals surface area contributed by atoms with Gasteiger partial charge >= 0.3 is 0 Å². The number of anilines is 1. The van der Waals surface area contributed by atoms with Gasteiger partial charge in [0.2, 0.25) is 5.82 Å². The fraction of sp³-hybridized carbons (Fsp3) is 0.222. The SMILES string of the molecule is COc1ccc(F)c(-c2cn3nc(-c4nccn4C)nc(NC4CCC4)c3c2-c2ccccc2)c1F. The molecule has 0 amide bonds. The molecule has 1 saturated carbocycles. The summed E-state index contributed by atoms with van der Waals surface area (Å²) in [6, 6.07) is 12.3. The Balaban J connectivity index is 1.70. The van der Waals surface area contributed by atoms with Crippen LogP contribution in [-0.4, -0.2) is 37.3 Å². The minimum absolute atomic E-state index is 0.0340. The highest BCUT2D eigenvalue weighted by molar-refractivity contribution is 5.99. The van der Waals surface area contributed by atoms with Crippen LogP contribution in [0.15, 0.2) is 61.1 Å². The van der Waals surface area contributed by atoms with Gasteiger partial charge in [-0.25, -0.2) is 23.3 Å². The number of rotatable bonds is 6. The van der Waals surface area contributed by atoms with E-state index in [1.54, 1.807) is 16.9 Å². The molecule has 36 heavy (non-hydrogen) atoms. The number of aryl methyl sites for hydroxylation is 1. The Kier molecular flexibility index (Phi) is 5.40. The first-order valence-electron chi connectivity index (χ1n) is 11.8. The second-order valence-electron chi connectivity index (χ2n) is 8.93. The fourth-order valence-corrected chi connectivity index (χ4v) is 4.63. The van der Waals surface area contributed by atoms with Gasteiger partial charge < -0.3 is 14.6 Å². The number of fused-ring (bicyclic) bond motifs is 1. The van der Waals surface area contributed by atoms with Crippen molar-refractivity contribution in [2.45, 2.75) is 25.3 Å². The Morgan fingerprint density at radius 2 is 1.86 bits per heavy atom. The van der Waals surface area contributed by atoms with E-state index in [9.17, 15) is 0 Å². The minimum atomic E-state index is -0.767. The molecule has 0 radical (unpaired) electrons. The lowest BCUT2D eigenvalue weighted by Crippen LogP contribution is -2.28. The van der Waals surface area contributed by atoms with Crippen LogP contribution in [0.2, 0.25) is 0 Å². The molecular weight excluding hydrogens is 462 g/mol. The predicted molar refractivity (Wildman–Crippen MR) is 134 cm³/mol. The molecule has 1 fully saturated rings. The molecule has 7 nitrogen and oxygen atoms in total. The smallest absolute Gasteiger partial charge is 0.218 e. The summed E-state index contributed by atoms with van der Waals surface area (Å²) in [5.74, 6) is 0.103. The summed E-state index contributed by atoms with van der Waals surface area (Å²) in [4.78, 5) is 9.26. The summed E-state index contributed by atoms with van der Waals surface area (Å²) < 4.78 is 39.4. The van der Waals surface area contributed by atoms with E-state index in [-0.39, 0.29) is 17.4 Å². The molecule has 0 saturated heterocycles. The lowest BCUT2D eigenvalue weighted by atomic mass is 9.93. The molecule has 182 valence electrons. The van der Waals surface area contributed by atoms with Gasteiger partial charge in [0, 0.05) is 42.8 Å². The van der Waals surface area contributed by atoms with Crippen molar-refractivity contribution in [1.29, 1.82) is 0 Å². The van der Waals surface area contributed by atoms with E-state index in [4.69, 9.17) is 14.8 Å². The zero-order valence-corrected chi connectivity index (χ0v) is 19.9. The average Bonchev–Trinajstić information content (AvgIpc) is 3.45. The number of ether oxygens (including phenoxy) is 1. The van der Waals surface area contributed by atoms with Crippen molar-refractivity contribution in [3.05, 3.63) is 72.7 Å². The summed E-state index contributed by atoms with van der Waals surface area (Å²) in [6.07, 6.45) is 8.35. The van der Waals surface area contributed by atoms with E-state index in [0.717, 1.165) is 24.8 Å². The van der Waals surface area contributed by atoms with Crippen LogP contribution in [0, 0.1) is 11.6 Å². The van der Waals surface area contributed by atoms with Crippen molar-refractivity contribution < 1.29 is 13.5 Å². The molecule has 0 spiro atoms. The third-order valence-electron chi connectivity index (χ3n) is 6.71. The molecule has 5 aromatic rings. The van der Waals surface area contributed by atoms with E-state index in [2.05, 4.69) is 10.3 Å². The topological polar surface area (TPSA) is 69.3 Å². The molecule has 0 unspecified atom stereocenters. The Bertz CT molecular complexity index is 1570. The van der Waals surface area contributed by atoms with Crippen molar-refractivity contribution in [3.63, 3.8) is 0 Å². The number of halogens is 2. The molecule has 1 N–H and O–H groups in total. The van der Waals surface area contributed by atoms with Crippen molar-refractivity contribution >= 4 is 11.3 Å². The molecule has 0 aliphatic heterocycles. The number of aromatic nitrogens is 5. The van der Waals surface area contributed by atoms with Crippen LogP contribution in [0.3, 0.4) is 0 Å². The van der Waals surface area contributed by atoms with Gasteiger partial charge in [0.15, 0.2) is 23.2 Å². The molecule has 3 heterocycles. The van der Waals surface area contributed by atoms with Crippen molar-refractivity contribution in [1.82, 2.24) is 24.1 Å². The highest BCUT2D eigenvalue weighted by atomic mass is 19.1. The zero-order valence-electron chi connectivity index (χ0n) is 19.9. The quantitative estimate of drug-likeness (QED) is 0.333. The molecule has 6 rings (SSSR count). The van der Waals surface area contributed by atoms with Gasteiger partial charge in [-0.05, 0) is 37.0 Å². The summed E-state index contributed by atoms with van der Waals surface area (Å²) in [5.41, 5.74) is 2.25. The monoisotopic (exact) mass is 486 g/mol. The number of benzene rings is 2. The van der Waals surface area contributed by atoms with Crippen LogP contribution in [0.25, 0.3) is 39.4 Å². The maximum absolute atomic E-state index is 15.5. The van der Waals surface area contributed by atoms with Crippen LogP contribution >= 0.6 is 0 Å². The fourth-order valence-electron chi connectivity index (χ4n) is 4.63. The van der Waals surface area contributed by atoms with Crippen molar-refractivity contribution in [2.24, 2.45) is 7.05 Å². The van der Waals surface area contributed by atoms with Crippen molar-refractivity contribution in [3.8, 4) is 39.7 Å². The molecule has 1 aliphatic carbocycles. The first-order valence-corrected chi connectivity index (χ1v) is 11.8. The van der Waals surface area contributed by atoms with E-state index in [1.165, 1.54) is 19.2 Å². The van der Waals surface area contributed by atoms with E-state index < -0.39 is 11.6 Å². The van der Waals surface area contributed by atoms with Crippen LogP contribution in [0.4, 0.5) is 14.6 Å². The molecule has 1 aliphatic rings. The van der Waals surface area contributed by atoms with Gasteiger partial charge in [-0.3, -0.25) is 0 Å². The number of hydrogen-bond acceptors (Lipinski definition) is 5. The maximum atomic E-state index is 15.5. The Morgan fingerprint density at radius 1 is 1.06 bits per heavy atom. The number of nitrogens with zero attached hydrogens (tertiary/aromatic N) is 5. The Hall–Kier alpha value is -4.27. The zero-order chi connectivity index (χ0) is 24.8. The van der Waals surface area contributed by atoms with Gasteiger partial charge in [-0.1, -0.05) is 30.3 Å². The molecule has 3 aromatic heterocycles. The van der Waals surface area contributed by atoms with E-state index >= 15 is 8.78 Å². The minimum Gasteiger partial charge on any atom is -0.494 e. The highest BCUT2D eigenvalue weighted by Crippen LogP contribution is 2.43. The summed E-state index contributed by atoms with van der Waals surface area (Å²) in [5, 5.41) is 8.28. The van der Waals surface area contributed by atoms with Gasteiger partial charge in [-0.2, -0.15) is 0 Å². The van der Waals surface area contributed by atoms with Crippen LogP contribution in [0.5, 0.6) is 5.75 Å². The van der Waals surface area contributed by atoms with E-state index in [1.807, 2.05) is 48.1 Å². The third-order valence-corrected chi connectivity index (χ3v) is 6.71. The normalized spacial score (nSPS) is 13.7. The standard InChI is InChI=1S/C27H24F2N6O/c1-34-14-13-30-27(34)26-32-25(31-17-9-6-10-17)24-21(16-7-4-3-5-8-16)18(15-35(24)33-26)22-19(28)11-12-20(36-2)23(22)29/h3-5,7-8,11-15,17H,6,9-10H2,1-2H3,(H,31,32,33). The van der Waals surface area contributed by atoms with Gasteiger partial charge in [0.25, 0.3) is 0 Å². The van der Waals surface area contributed by atoms with Gasteiger partial charge in [0.1, 0.15) is 11.3 Å². The second kappa shape index (κ2) is 8.75. The first-order chi connectivity index (χ1) is 17.5. The Morgan fingerprint density at radius 3 is 2.53 bits per heavy atom. The third kappa shape index (κ3) is 3.59. The maximum Gasteiger partial charge on any atom is 0.218 e. The molecule has 0 bridgehead atoms. The molecule has 0 atom stereocenters. The second-order valence-corrected chi connectivity index (χ2v) is 8.93. The molecule has 2 aromatic carbocycles. The highest BCUT2D eigenvalue weighted by Gasteiger charge is 2.28. The van der Waals surface area contributed by atoms with Crippen LogP contribution in [-0.2, 0) is 7.05 Å². The molecule has 9 heteroatoms. The lowest BCUT2D eigenvalue weighted by molar-refractivity contribution is 0.385. The number of hydrogen-bond donors (Lipinski definition) is 1. The summed E-state index contributed by atoms with van der Waals surface area (Å²) >= 11 is 0. The van der Waals surface area contributed by atoms with Crippen LogP contribution in [0.1, 0.15) is 19.3 Å². The van der Waals surface area contributed by atoms with Crippen molar-refractivity contribution in [2.75, 3.05) is 12.4 Å². The van der Waals surface area contributed by atoms with E-state index in [0.29, 0.717) is 34.1 Å². The lowest BCUT2D eigenvalue weighted by Gasteiger charge is -2.27. The number of nitrogens with one attached hydrogen (secondary N) is 1. The van der Waals surface area contributed by atoms with Gasteiger partial charge in [-0.15, -0.1) is 5.10 Å².